The molecule has 0 spiro atoms. The van der Waals surface area contributed by atoms with E-state index in [2.05, 4.69) is 27.9 Å². The second-order valence-electron chi connectivity index (χ2n) is 5.19. The molecule has 0 N–H and O–H groups in total. The Labute approximate surface area is 166 Å². The smallest absolute Gasteiger partial charge is 0.383 e. The summed E-state index contributed by atoms with van der Waals surface area (Å²) in [5.41, 5.74) is 0. The molecule has 0 fully saturated rings. The number of nitrogens with zero attached hydrogens (tertiary/aromatic N) is 6. The zero-order valence-corrected chi connectivity index (χ0v) is 19.4. The normalized spacial score (nSPS) is 17.8. The molecule has 0 amide bonds. The second-order valence-corrected chi connectivity index (χ2v) is 16.3. The lowest BCUT2D eigenvalue weighted by atomic mass is 11.7. The molecule has 19 heteroatoms. The molecular weight excluding hydrogens is 460 g/mol. The van der Waals surface area contributed by atoms with E-state index < -0.39 is 34.7 Å². The van der Waals surface area contributed by atoms with Crippen molar-refractivity contribution in [3.8, 4) is 0 Å². The molecule has 2 unspecified atom stereocenters. The zero-order chi connectivity index (χ0) is 22.6. The Hall–Kier alpha value is -2.97. The van der Waals surface area contributed by atoms with Gasteiger partial charge < -0.3 is 12.3 Å². The Morgan fingerprint density at radius 1 is 0.448 bits per heavy atom. The molecule has 0 aromatic heterocycles. The number of carbonyl (C=O) groups excluding carboxylic acids is 6. The number of hydrogen-bond donors (Lipinski definition) is 0. The Kier molecular flexibility index (Phi) is 9.99. The first-order valence-electron chi connectivity index (χ1n) is 7.13. The molecule has 0 aromatic rings. The molecule has 0 aromatic carbocycles. The summed E-state index contributed by atoms with van der Waals surface area (Å²) in [6, 6.07) is 0. The van der Waals surface area contributed by atoms with Gasteiger partial charge in [-0.2, -0.15) is 27.9 Å². The van der Waals surface area contributed by atoms with Gasteiger partial charge in [0.15, 0.2) is 0 Å². The van der Waals surface area contributed by atoms with Gasteiger partial charge in [0.1, 0.15) is 0 Å². The van der Waals surface area contributed by atoms with Gasteiger partial charge in [-0.05, 0) is 13.1 Å². The summed E-state index contributed by atoms with van der Waals surface area (Å²) in [6.45, 7) is 4.60. The zero-order valence-electron chi connectivity index (χ0n) is 15.4. The molecule has 0 radical (unpaired) electrons. The van der Waals surface area contributed by atoms with E-state index in [4.69, 9.17) is 12.3 Å². The van der Waals surface area contributed by atoms with E-state index in [1.54, 1.807) is 0 Å². The minimum absolute atomic E-state index is 1.14. The van der Waals surface area contributed by atoms with Gasteiger partial charge in [0, 0.05) is 13.1 Å². The van der Waals surface area contributed by atoms with Crippen LogP contribution in [-0.2, 0) is 41.1 Å². The van der Waals surface area contributed by atoms with Crippen LogP contribution >= 0.6 is 0 Å². The van der Waals surface area contributed by atoms with Crippen LogP contribution in [0.4, 0.5) is 0 Å². The highest BCUT2D eigenvalue weighted by Gasteiger charge is 2.54. The third-order valence-electron chi connectivity index (χ3n) is 2.65. The molecule has 0 rings (SSSR count). The van der Waals surface area contributed by atoms with Crippen LogP contribution in [0.15, 0.2) is 27.9 Å². The molecule has 0 aliphatic rings. The minimum Gasteiger partial charge on any atom is -0.383 e. The topological polar surface area (TPSA) is 204 Å². The molecule has 0 aliphatic carbocycles. The summed E-state index contributed by atoms with van der Waals surface area (Å²) in [7, 11) is -16.1. The van der Waals surface area contributed by atoms with Crippen LogP contribution in [0.3, 0.4) is 0 Å². The third kappa shape index (κ3) is 8.71. The molecule has 0 saturated carbocycles. The van der Waals surface area contributed by atoms with E-state index >= 15 is 0 Å². The largest absolute Gasteiger partial charge is 0.470 e. The van der Waals surface area contributed by atoms with Crippen molar-refractivity contribution in [1.29, 1.82) is 0 Å². The molecular formula is C10H12N6O9Si4. The summed E-state index contributed by atoms with van der Waals surface area (Å²) in [4.78, 5) is 64.2. The molecule has 29 heavy (non-hydrogen) atoms. The fourth-order valence-electron chi connectivity index (χ4n) is 1.85. The Morgan fingerprint density at radius 2 is 0.690 bits per heavy atom. The van der Waals surface area contributed by atoms with Gasteiger partial charge in [-0.1, -0.05) is 0 Å². The van der Waals surface area contributed by atoms with Gasteiger partial charge in [-0.15, -0.1) is 0 Å². The maximum atomic E-state index is 10.9. The van der Waals surface area contributed by atoms with Gasteiger partial charge in [0.2, 0.25) is 36.5 Å². The van der Waals surface area contributed by atoms with Crippen LogP contribution in [-0.4, -0.2) is 71.2 Å². The van der Waals surface area contributed by atoms with E-state index in [0.717, 1.165) is 26.2 Å². The van der Waals surface area contributed by atoms with Gasteiger partial charge >= 0.3 is 34.7 Å². The fraction of sp³-hybridized carbons (Fsp3) is 0.400. The second kappa shape index (κ2) is 11.1. The van der Waals surface area contributed by atoms with Crippen LogP contribution in [0.5, 0.6) is 0 Å². The number of isocyanates is 6. The summed E-state index contributed by atoms with van der Waals surface area (Å²) in [6.07, 6.45) is 7.05. The number of rotatable bonds is 12. The maximum Gasteiger partial charge on any atom is 0.470 e. The maximum absolute atomic E-state index is 10.9. The van der Waals surface area contributed by atoms with Crippen molar-refractivity contribution in [1.82, 2.24) is 0 Å². The molecule has 0 heterocycles. The standard InChI is InChI=1S/C10H12N6O9Si4/c1-26(11-5-17,12-6-18)23-28(3,15-9-21)25-29(4,16-10-22)24-27(2,13-7-19)14-8-20/h1-4H3. The first kappa shape index (κ1) is 26.0. The predicted octanol–water partition coefficient (Wildman–Crippen LogP) is -0.674. The first-order valence-corrected chi connectivity index (χ1v) is 16.3. The molecule has 0 saturated heterocycles. The van der Waals surface area contributed by atoms with Crippen molar-refractivity contribution in [3.63, 3.8) is 0 Å². The van der Waals surface area contributed by atoms with Crippen LogP contribution in [0.25, 0.3) is 0 Å². The van der Waals surface area contributed by atoms with Gasteiger partial charge in [-0.25, -0.2) is 28.8 Å². The lowest BCUT2D eigenvalue weighted by molar-refractivity contribution is 0.317. The van der Waals surface area contributed by atoms with Crippen molar-refractivity contribution in [2.75, 3.05) is 0 Å². The fourth-order valence-corrected chi connectivity index (χ4v) is 14.1. The van der Waals surface area contributed by atoms with Gasteiger partial charge in [0.05, 0.1) is 0 Å². The van der Waals surface area contributed by atoms with Crippen LogP contribution in [0.2, 0.25) is 26.2 Å². The quantitative estimate of drug-likeness (QED) is 0.200. The minimum atomic E-state index is -4.15. The van der Waals surface area contributed by atoms with Crippen molar-refractivity contribution < 1.29 is 41.1 Å². The predicted molar refractivity (Wildman–Crippen MR) is 98.5 cm³/mol. The summed E-state index contributed by atoms with van der Waals surface area (Å²) >= 11 is 0. The molecule has 15 nitrogen and oxygen atoms in total. The highest BCUT2D eigenvalue weighted by Crippen LogP contribution is 2.26. The average Bonchev–Trinajstić information content (AvgIpc) is 2.54. The third-order valence-corrected chi connectivity index (χ3v) is 14.8. The average molecular weight is 473 g/mol. The van der Waals surface area contributed by atoms with Crippen molar-refractivity contribution in [3.05, 3.63) is 0 Å². The van der Waals surface area contributed by atoms with Crippen LogP contribution in [0.1, 0.15) is 0 Å². The van der Waals surface area contributed by atoms with Crippen molar-refractivity contribution in [2.24, 2.45) is 27.9 Å². The van der Waals surface area contributed by atoms with Crippen LogP contribution in [0, 0.1) is 0 Å². The highest BCUT2D eigenvalue weighted by atomic mass is 28.5. The van der Waals surface area contributed by atoms with E-state index in [0.29, 0.717) is 0 Å². The van der Waals surface area contributed by atoms with Crippen molar-refractivity contribution in [2.45, 2.75) is 26.2 Å². The lowest BCUT2D eigenvalue weighted by Gasteiger charge is -2.33. The number of hydrogen-bond acceptors (Lipinski definition) is 15. The van der Waals surface area contributed by atoms with E-state index in [1.807, 2.05) is 0 Å². The highest BCUT2D eigenvalue weighted by molar-refractivity contribution is 6.89. The Balaban J connectivity index is 6.35. The summed E-state index contributed by atoms with van der Waals surface area (Å²) in [5.74, 6) is 0. The monoisotopic (exact) mass is 472 g/mol. The van der Waals surface area contributed by atoms with E-state index in [1.165, 1.54) is 36.5 Å². The van der Waals surface area contributed by atoms with Crippen molar-refractivity contribution >= 4 is 71.2 Å². The van der Waals surface area contributed by atoms with Gasteiger partial charge in [0.25, 0.3) is 0 Å². The Morgan fingerprint density at radius 3 is 0.897 bits per heavy atom. The SMILES string of the molecule is C[Si](N=C=O)(N=C=O)O[Si](C)(N=C=O)O[Si](C)(N=C=O)O[Si](C)(N=C=O)N=C=O. The van der Waals surface area contributed by atoms with Crippen LogP contribution < -0.4 is 0 Å². The molecule has 152 valence electrons. The summed E-state index contributed by atoms with van der Waals surface area (Å²) in [5, 5.41) is 0. The molecule has 0 aliphatic heterocycles. The van der Waals surface area contributed by atoms with Gasteiger partial charge in [-0.3, -0.25) is 0 Å². The molecule has 2 atom stereocenters. The Bertz CT molecular complexity index is 816. The first-order chi connectivity index (χ1) is 13.5. The molecule has 0 bridgehead atoms. The lowest BCUT2D eigenvalue weighted by Crippen LogP contribution is -2.58. The van der Waals surface area contributed by atoms with E-state index in [-0.39, 0.29) is 0 Å². The summed E-state index contributed by atoms with van der Waals surface area (Å²) < 4.78 is 36.5. The van der Waals surface area contributed by atoms with E-state index in [9.17, 15) is 28.8 Å².